The Bertz CT molecular complexity index is 834. The van der Waals surface area contributed by atoms with Gasteiger partial charge in [-0.2, -0.15) is 5.10 Å². The van der Waals surface area contributed by atoms with Crippen LogP contribution in [0.3, 0.4) is 0 Å². The third kappa shape index (κ3) is 4.11. The summed E-state index contributed by atoms with van der Waals surface area (Å²) in [4.78, 5) is 30.0. The van der Waals surface area contributed by atoms with Crippen molar-refractivity contribution in [3.63, 3.8) is 0 Å². The van der Waals surface area contributed by atoms with Gasteiger partial charge >= 0.3 is 6.03 Å². The summed E-state index contributed by atoms with van der Waals surface area (Å²) in [6.07, 6.45) is 5.13. The number of aromatic amines is 1. The fraction of sp³-hybridized carbons (Fsp3) is 0.550. The van der Waals surface area contributed by atoms with E-state index in [1.165, 1.54) is 5.56 Å². The number of rotatable bonds is 4. The zero-order chi connectivity index (χ0) is 19.5. The Kier molecular flexibility index (Phi) is 5.47. The highest BCUT2D eigenvalue weighted by Crippen LogP contribution is 2.20. The smallest absolute Gasteiger partial charge is 0.314 e. The van der Waals surface area contributed by atoms with Crippen LogP contribution in [0, 0.1) is 0 Å². The van der Waals surface area contributed by atoms with Crippen molar-refractivity contribution in [1.82, 2.24) is 24.9 Å². The van der Waals surface area contributed by atoms with Crippen LogP contribution in [-0.2, 0) is 11.2 Å². The Morgan fingerprint density at radius 2 is 1.82 bits per heavy atom. The largest absolute Gasteiger partial charge is 0.351 e. The fourth-order valence-electron chi connectivity index (χ4n) is 4.34. The fourth-order valence-corrected chi connectivity index (χ4v) is 4.34. The lowest BCUT2D eigenvalue weighted by atomic mass is 10.0. The van der Waals surface area contributed by atoms with Crippen molar-refractivity contribution in [3.05, 3.63) is 30.0 Å². The van der Waals surface area contributed by atoms with Crippen LogP contribution >= 0.6 is 0 Å². The van der Waals surface area contributed by atoms with Crippen molar-refractivity contribution in [2.24, 2.45) is 5.73 Å². The molecule has 0 atom stereocenters. The second kappa shape index (κ2) is 8.18. The first-order chi connectivity index (χ1) is 13.6. The van der Waals surface area contributed by atoms with E-state index in [1.54, 1.807) is 4.90 Å². The van der Waals surface area contributed by atoms with Crippen LogP contribution in [0.15, 0.2) is 24.4 Å². The van der Waals surface area contributed by atoms with Gasteiger partial charge in [0.1, 0.15) is 0 Å². The highest BCUT2D eigenvalue weighted by molar-refractivity contribution is 5.79. The van der Waals surface area contributed by atoms with Crippen molar-refractivity contribution >= 4 is 22.8 Å². The molecule has 28 heavy (non-hydrogen) atoms. The molecular weight excluding hydrogens is 356 g/mol. The lowest BCUT2D eigenvalue weighted by Crippen LogP contribution is -2.55. The van der Waals surface area contributed by atoms with Crippen molar-refractivity contribution in [1.29, 1.82) is 0 Å². The number of aryl methyl sites for hydroxylation is 1. The summed E-state index contributed by atoms with van der Waals surface area (Å²) < 4.78 is 0. The normalized spacial score (nSPS) is 19.3. The number of primary amides is 1. The number of piperidine rings is 1. The monoisotopic (exact) mass is 384 g/mol. The molecule has 0 spiro atoms. The molecule has 1 aromatic carbocycles. The summed E-state index contributed by atoms with van der Waals surface area (Å²) >= 11 is 0. The number of nitrogens with zero attached hydrogens (tertiary/aromatic N) is 4. The number of fused-ring (bicyclic) bond motifs is 1. The number of nitrogens with two attached hydrogens (primary N) is 1. The van der Waals surface area contributed by atoms with E-state index in [0.29, 0.717) is 25.6 Å². The number of hydrogen-bond donors (Lipinski definition) is 2. The minimum absolute atomic E-state index is 0.240. The molecule has 0 bridgehead atoms. The molecule has 2 fully saturated rings. The van der Waals surface area contributed by atoms with E-state index in [9.17, 15) is 9.59 Å². The van der Waals surface area contributed by atoms with Crippen molar-refractivity contribution in [3.8, 4) is 0 Å². The molecule has 0 radical (unpaired) electrons. The highest BCUT2D eigenvalue weighted by atomic mass is 16.2. The summed E-state index contributed by atoms with van der Waals surface area (Å²) in [7, 11) is 0. The van der Waals surface area contributed by atoms with Crippen LogP contribution in [0.5, 0.6) is 0 Å². The number of likely N-dealkylation sites (tertiary alicyclic amines) is 1. The molecule has 8 nitrogen and oxygen atoms in total. The molecule has 8 heteroatoms. The summed E-state index contributed by atoms with van der Waals surface area (Å²) in [5.41, 5.74) is 7.55. The van der Waals surface area contributed by atoms with Gasteiger partial charge in [0.2, 0.25) is 5.91 Å². The standard InChI is InChI=1S/C20H28N6O2/c21-20(28)26-11-9-24(10-12-26)17-5-7-25(8-6-17)19(27)4-2-15-1-3-18-16(13-15)14-22-23-18/h1,3,13-14,17H,2,4-12H2,(H2,21,28)(H,22,23). The minimum Gasteiger partial charge on any atom is -0.351 e. The number of nitrogens with one attached hydrogen (secondary N) is 1. The molecule has 2 aliphatic heterocycles. The van der Waals surface area contributed by atoms with Gasteiger partial charge in [0.25, 0.3) is 0 Å². The van der Waals surface area contributed by atoms with Crippen molar-refractivity contribution in [2.45, 2.75) is 31.7 Å². The topological polar surface area (TPSA) is 98.6 Å². The number of urea groups is 1. The van der Waals surface area contributed by atoms with E-state index in [1.807, 2.05) is 17.2 Å². The molecule has 150 valence electrons. The predicted octanol–water partition coefficient (Wildman–Crippen LogP) is 1.18. The minimum atomic E-state index is -0.327. The molecule has 3 N–H and O–H groups in total. The zero-order valence-corrected chi connectivity index (χ0v) is 16.1. The van der Waals surface area contributed by atoms with E-state index in [0.717, 1.165) is 56.3 Å². The third-order valence-electron chi connectivity index (χ3n) is 6.09. The van der Waals surface area contributed by atoms with Crippen molar-refractivity contribution in [2.75, 3.05) is 39.3 Å². The van der Waals surface area contributed by atoms with Crippen molar-refractivity contribution < 1.29 is 9.59 Å². The predicted molar refractivity (Wildman–Crippen MR) is 107 cm³/mol. The lowest BCUT2D eigenvalue weighted by molar-refractivity contribution is -0.132. The molecule has 0 aliphatic carbocycles. The Balaban J connectivity index is 1.22. The zero-order valence-electron chi connectivity index (χ0n) is 16.1. The maximum atomic E-state index is 12.6. The second-order valence-corrected chi connectivity index (χ2v) is 7.76. The van der Waals surface area contributed by atoms with Crippen LogP contribution in [-0.4, -0.2) is 82.1 Å². The molecule has 2 saturated heterocycles. The lowest BCUT2D eigenvalue weighted by Gasteiger charge is -2.42. The first-order valence-electron chi connectivity index (χ1n) is 10.1. The van der Waals surface area contributed by atoms with Crippen LogP contribution < -0.4 is 5.73 Å². The second-order valence-electron chi connectivity index (χ2n) is 7.76. The van der Waals surface area contributed by atoms with Gasteiger partial charge in [0, 0.05) is 57.1 Å². The van der Waals surface area contributed by atoms with E-state index in [2.05, 4.69) is 27.2 Å². The molecule has 0 saturated carbocycles. The summed E-state index contributed by atoms with van der Waals surface area (Å²) in [6, 6.07) is 6.36. The number of hydrogen-bond acceptors (Lipinski definition) is 4. The Hall–Kier alpha value is -2.61. The maximum Gasteiger partial charge on any atom is 0.314 e. The van der Waals surface area contributed by atoms with Gasteiger partial charge in [0.15, 0.2) is 0 Å². The summed E-state index contributed by atoms with van der Waals surface area (Å²) in [5, 5.41) is 8.07. The highest BCUT2D eigenvalue weighted by Gasteiger charge is 2.29. The number of amides is 3. The van der Waals surface area contributed by atoms with E-state index >= 15 is 0 Å². The van der Waals surface area contributed by atoms with Gasteiger partial charge < -0.3 is 15.5 Å². The van der Waals surface area contributed by atoms with Gasteiger partial charge in [-0.05, 0) is 37.0 Å². The number of carbonyl (C=O) groups excluding carboxylic acids is 2. The number of piperazine rings is 1. The van der Waals surface area contributed by atoms with E-state index in [4.69, 9.17) is 5.73 Å². The van der Waals surface area contributed by atoms with Gasteiger partial charge in [-0.1, -0.05) is 6.07 Å². The maximum absolute atomic E-state index is 12.6. The number of aromatic nitrogens is 2. The third-order valence-corrected chi connectivity index (χ3v) is 6.09. The average Bonchev–Trinajstić information content (AvgIpc) is 3.20. The summed E-state index contributed by atoms with van der Waals surface area (Å²) in [6.45, 7) is 4.79. The van der Waals surface area contributed by atoms with Crippen LogP contribution in [0.25, 0.3) is 10.9 Å². The molecule has 4 rings (SSSR count). The molecule has 2 aromatic rings. The molecular formula is C20H28N6O2. The van der Waals surface area contributed by atoms with Crippen LogP contribution in [0.4, 0.5) is 4.79 Å². The van der Waals surface area contributed by atoms with Gasteiger partial charge in [0.05, 0.1) is 11.7 Å². The Morgan fingerprint density at radius 1 is 1.07 bits per heavy atom. The molecule has 3 heterocycles. The Labute approximate surface area is 164 Å². The van der Waals surface area contributed by atoms with Crippen LogP contribution in [0.1, 0.15) is 24.8 Å². The first kappa shape index (κ1) is 18.7. The van der Waals surface area contributed by atoms with Crippen LogP contribution in [0.2, 0.25) is 0 Å². The summed E-state index contributed by atoms with van der Waals surface area (Å²) in [5.74, 6) is 0.240. The van der Waals surface area contributed by atoms with Gasteiger partial charge in [-0.25, -0.2) is 4.79 Å². The van der Waals surface area contributed by atoms with Gasteiger partial charge in [-0.3, -0.25) is 14.8 Å². The van der Waals surface area contributed by atoms with Gasteiger partial charge in [-0.15, -0.1) is 0 Å². The quantitative estimate of drug-likeness (QED) is 0.827. The number of carbonyl (C=O) groups is 2. The molecule has 3 amide bonds. The first-order valence-corrected chi connectivity index (χ1v) is 10.1. The molecule has 0 unspecified atom stereocenters. The Morgan fingerprint density at radius 3 is 2.54 bits per heavy atom. The van der Waals surface area contributed by atoms with E-state index < -0.39 is 0 Å². The average molecular weight is 384 g/mol. The molecule has 2 aliphatic rings. The number of H-pyrrole nitrogens is 1. The SMILES string of the molecule is NC(=O)N1CCN(C2CCN(C(=O)CCc3ccc4[nH]ncc4c3)CC2)CC1. The van der Waals surface area contributed by atoms with E-state index in [-0.39, 0.29) is 11.9 Å². The molecule has 1 aromatic heterocycles. The number of benzene rings is 1.